The number of nitrogens with zero attached hydrogens (tertiary/aromatic N) is 1. The summed E-state index contributed by atoms with van der Waals surface area (Å²) in [6.07, 6.45) is 4.61. The first-order chi connectivity index (χ1) is 10.2. The van der Waals surface area contributed by atoms with Gasteiger partial charge in [-0.15, -0.1) is 0 Å². The molecule has 1 aliphatic rings. The van der Waals surface area contributed by atoms with Gasteiger partial charge in [-0.2, -0.15) is 0 Å². The van der Waals surface area contributed by atoms with Gasteiger partial charge in [0.15, 0.2) is 0 Å². The number of nitrogens with one attached hydrogen (secondary N) is 1. The van der Waals surface area contributed by atoms with Crippen LogP contribution < -0.4 is 5.32 Å². The van der Waals surface area contributed by atoms with Gasteiger partial charge in [-0.3, -0.25) is 4.90 Å². The van der Waals surface area contributed by atoms with Crippen LogP contribution in [0.5, 0.6) is 0 Å². The highest BCUT2D eigenvalue weighted by Crippen LogP contribution is 2.17. The van der Waals surface area contributed by atoms with Gasteiger partial charge in [0.05, 0.1) is 12.6 Å². The minimum atomic E-state index is 0.0560. The number of hydrogen-bond donors (Lipinski definition) is 2. The first kappa shape index (κ1) is 16.2. The lowest BCUT2D eigenvalue weighted by molar-refractivity contribution is 0.181. The van der Waals surface area contributed by atoms with Crippen molar-refractivity contribution in [3.63, 3.8) is 0 Å². The number of hydrogen-bond acceptors (Lipinski definition) is 3. The van der Waals surface area contributed by atoms with Gasteiger partial charge < -0.3 is 10.4 Å². The molecule has 0 saturated carbocycles. The van der Waals surface area contributed by atoms with Crippen molar-refractivity contribution in [3.8, 4) is 0 Å². The molecule has 0 unspecified atom stereocenters. The Bertz CT molecular complexity index is 432. The normalized spacial score (nSPS) is 18.4. The molecule has 1 atom stereocenters. The summed E-state index contributed by atoms with van der Waals surface area (Å²) < 4.78 is 0. The number of benzene rings is 1. The highest BCUT2D eigenvalue weighted by atomic mass is 16.3. The molecule has 1 fully saturated rings. The number of aliphatic hydroxyl groups is 1. The molecule has 116 valence electrons. The van der Waals surface area contributed by atoms with Gasteiger partial charge in [-0.1, -0.05) is 42.0 Å². The van der Waals surface area contributed by atoms with Crippen LogP contribution in [0.1, 0.15) is 38.3 Å². The van der Waals surface area contributed by atoms with Crippen LogP contribution in [-0.4, -0.2) is 42.3 Å². The first-order valence-electron chi connectivity index (χ1n) is 7.96. The van der Waals surface area contributed by atoms with E-state index in [1.807, 2.05) is 18.2 Å². The summed E-state index contributed by atoms with van der Waals surface area (Å²) in [5.41, 5.74) is 2.56. The Hall–Kier alpha value is -1.16. The third-order valence-corrected chi connectivity index (χ3v) is 4.17. The Balaban J connectivity index is 1.81. The fourth-order valence-electron chi connectivity index (χ4n) is 2.82. The van der Waals surface area contributed by atoms with E-state index in [1.54, 1.807) is 0 Å². The molecule has 0 aliphatic carbocycles. The minimum Gasteiger partial charge on any atom is -0.394 e. The summed E-state index contributed by atoms with van der Waals surface area (Å²) in [5.74, 6) is 0. The summed E-state index contributed by atoms with van der Waals surface area (Å²) >= 11 is 0. The van der Waals surface area contributed by atoms with Crippen LogP contribution in [0.2, 0.25) is 0 Å². The van der Waals surface area contributed by atoms with E-state index >= 15 is 0 Å². The SMILES string of the molecule is CC(C)=CCN1CCC(N[C@H](CO)c2ccccc2)CC1. The molecule has 21 heavy (non-hydrogen) atoms. The molecule has 0 radical (unpaired) electrons. The number of allylic oxidation sites excluding steroid dienone is 1. The number of piperidine rings is 1. The molecule has 0 amide bonds. The predicted molar refractivity (Wildman–Crippen MR) is 88.3 cm³/mol. The van der Waals surface area contributed by atoms with Gasteiger partial charge in [0.2, 0.25) is 0 Å². The molecule has 2 rings (SSSR count). The van der Waals surface area contributed by atoms with Gasteiger partial charge in [0, 0.05) is 12.6 Å². The second kappa shape index (κ2) is 8.32. The fraction of sp³-hybridized carbons (Fsp3) is 0.556. The third kappa shape index (κ3) is 5.27. The van der Waals surface area contributed by atoms with Crippen LogP contribution in [-0.2, 0) is 0 Å². The molecule has 1 aromatic carbocycles. The van der Waals surface area contributed by atoms with E-state index < -0.39 is 0 Å². The largest absolute Gasteiger partial charge is 0.394 e. The highest BCUT2D eigenvalue weighted by Gasteiger charge is 2.21. The van der Waals surface area contributed by atoms with Crippen molar-refractivity contribution in [2.24, 2.45) is 0 Å². The third-order valence-electron chi connectivity index (χ3n) is 4.17. The average Bonchev–Trinajstić information content (AvgIpc) is 2.52. The molecule has 3 heteroatoms. The van der Waals surface area contributed by atoms with Crippen LogP contribution in [0.15, 0.2) is 42.0 Å². The van der Waals surface area contributed by atoms with Crippen LogP contribution in [0.4, 0.5) is 0 Å². The van der Waals surface area contributed by atoms with Crippen molar-refractivity contribution < 1.29 is 5.11 Å². The van der Waals surface area contributed by atoms with Gasteiger partial charge in [0.25, 0.3) is 0 Å². The molecule has 1 saturated heterocycles. The van der Waals surface area contributed by atoms with Gasteiger partial charge in [-0.25, -0.2) is 0 Å². The fourth-order valence-corrected chi connectivity index (χ4v) is 2.82. The van der Waals surface area contributed by atoms with Crippen molar-refractivity contribution in [1.29, 1.82) is 0 Å². The quantitative estimate of drug-likeness (QED) is 0.790. The summed E-state index contributed by atoms with van der Waals surface area (Å²) in [6.45, 7) is 7.79. The summed E-state index contributed by atoms with van der Waals surface area (Å²) in [7, 11) is 0. The molecule has 0 bridgehead atoms. The van der Waals surface area contributed by atoms with Crippen LogP contribution >= 0.6 is 0 Å². The lowest BCUT2D eigenvalue weighted by atomic mass is 10.0. The number of likely N-dealkylation sites (tertiary alicyclic amines) is 1. The summed E-state index contributed by atoms with van der Waals surface area (Å²) in [6, 6.07) is 10.8. The number of rotatable bonds is 6. The smallest absolute Gasteiger partial charge is 0.0626 e. The maximum absolute atomic E-state index is 9.63. The molecule has 1 aromatic rings. The van der Waals surface area contributed by atoms with Crippen molar-refractivity contribution in [3.05, 3.63) is 47.5 Å². The topological polar surface area (TPSA) is 35.5 Å². The monoisotopic (exact) mass is 288 g/mol. The predicted octanol–water partition coefficient (Wildman–Crippen LogP) is 2.74. The van der Waals surface area contributed by atoms with Gasteiger partial charge in [-0.05, 0) is 45.3 Å². The van der Waals surface area contributed by atoms with E-state index in [9.17, 15) is 5.11 Å². The minimum absolute atomic E-state index is 0.0560. The maximum atomic E-state index is 9.63. The lowest BCUT2D eigenvalue weighted by Crippen LogP contribution is -2.44. The van der Waals surface area contributed by atoms with Crippen LogP contribution in [0.3, 0.4) is 0 Å². The van der Waals surface area contributed by atoms with E-state index in [0.29, 0.717) is 6.04 Å². The van der Waals surface area contributed by atoms with Crippen molar-refractivity contribution in [2.75, 3.05) is 26.2 Å². The average molecular weight is 288 g/mol. The van der Waals surface area contributed by atoms with Gasteiger partial charge in [0.1, 0.15) is 0 Å². The molecular weight excluding hydrogens is 260 g/mol. The Morgan fingerprint density at radius 1 is 1.29 bits per heavy atom. The lowest BCUT2D eigenvalue weighted by Gasteiger charge is -2.34. The highest BCUT2D eigenvalue weighted by molar-refractivity contribution is 5.19. The van der Waals surface area contributed by atoms with E-state index in [4.69, 9.17) is 0 Å². The standard InChI is InChI=1S/C18H28N2O/c1-15(2)8-11-20-12-9-17(10-13-20)19-18(14-21)16-6-4-3-5-7-16/h3-8,17-19,21H,9-14H2,1-2H3/t18-/m1/s1. The number of aliphatic hydroxyl groups excluding tert-OH is 1. The molecule has 0 spiro atoms. The van der Waals surface area contributed by atoms with E-state index in [-0.39, 0.29) is 12.6 Å². The molecule has 2 N–H and O–H groups in total. The molecule has 0 aromatic heterocycles. The van der Waals surface area contributed by atoms with Crippen molar-refractivity contribution in [1.82, 2.24) is 10.2 Å². The zero-order valence-electron chi connectivity index (χ0n) is 13.3. The Morgan fingerprint density at radius 3 is 2.52 bits per heavy atom. The van der Waals surface area contributed by atoms with E-state index in [1.165, 1.54) is 11.1 Å². The second-order valence-corrected chi connectivity index (χ2v) is 6.17. The molecular formula is C18H28N2O. The first-order valence-corrected chi connectivity index (χ1v) is 7.96. The van der Waals surface area contributed by atoms with E-state index in [2.05, 4.69) is 42.3 Å². The van der Waals surface area contributed by atoms with Crippen molar-refractivity contribution >= 4 is 0 Å². The second-order valence-electron chi connectivity index (χ2n) is 6.17. The van der Waals surface area contributed by atoms with Crippen LogP contribution in [0, 0.1) is 0 Å². The maximum Gasteiger partial charge on any atom is 0.0626 e. The van der Waals surface area contributed by atoms with Crippen LogP contribution in [0.25, 0.3) is 0 Å². The Kier molecular flexibility index (Phi) is 6.43. The summed E-state index contributed by atoms with van der Waals surface area (Å²) in [5, 5.41) is 13.2. The Morgan fingerprint density at radius 2 is 1.95 bits per heavy atom. The van der Waals surface area contributed by atoms with E-state index in [0.717, 1.165) is 32.5 Å². The molecule has 1 aliphatic heterocycles. The zero-order valence-corrected chi connectivity index (χ0v) is 13.3. The van der Waals surface area contributed by atoms with Gasteiger partial charge >= 0.3 is 0 Å². The Labute approximate surface area is 128 Å². The molecule has 3 nitrogen and oxygen atoms in total. The summed E-state index contributed by atoms with van der Waals surface area (Å²) in [4.78, 5) is 2.50. The zero-order chi connectivity index (χ0) is 15.1. The van der Waals surface area contributed by atoms with Crippen molar-refractivity contribution in [2.45, 2.75) is 38.8 Å². The molecule has 1 heterocycles.